The molecule has 0 N–H and O–H groups in total. The molecule has 0 saturated carbocycles. The lowest BCUT2D eigenvalue weighted by Gasteiger charge is -2.14. The molecular weight excluding hydrogens is 470 g/mol. The maximum Gasteiger partial charge on any atom is 0.293 e. The normalized spacial score (nSPS) is 14.7. The van der Waals surface area contributed by atoms with Crippen LogP contribution in [0.1, 0.15) is 29.2 Å². The van der Waals surface area contributed by atoms with Crippen molar-refractivity contribution in [3.63, 3.8) is 0 Å². The van der Waals surface area contributed by atoms with Crippen LogP contribution < -0.4 is 9.47 Å². The van der Waals surface area contributed by atoms with Crippen molar-refractivity contribution >= 4 is 40.6 Å². The van der Waals surface area contributed by atoms with E-state index >= 15 is 0 Å². The van der Waals surface area contributed by atoms with Gasteiger partial charge in [0.15, 0.2) is 11.5 Å². The summed E-state index contributed by atoms with van der Waals surface area (Å²) in [4.78, 5) is 27.2. The van der Waals surface area contributed by atoms with Crippen LogP contribution in [-0.4, -0.2) is 22.7 Å². The number of ether oxygens (including phenoxy) is 2. The van der Waals surface area contributed by atoms with E-state index in [0.29, 0.717) is 34.6 Å². The van der Waals surface area contributed by atoms with E-state index in [0.717, 1.165) is 34.0 Å². The summed E-state index contributed by atoms with van der Waals surface area (Å²) in [6, 6.07) is 20.7. The first-order valence-electron chi connectivity index (χ1n) is 10.9. The minimum Gasteiger partial charge on any atom is -0.490 e. The maximum atomic E-state index is 12.9. The van der Waals surface area contributed by atoms with Crippen LogP contribution in [0.25, 0.3) is 6.08 Å². The summed E-state index contributed by atoms with van der Waals surface area (Å²) < 4.78 is 11.7. The summed E-state index contributed by atoms with van der Waals surface area (Å²) in [5.74, 6) is 0.880. The molecule has 2 amide bonds. The summed E-state index contributed by atoms with van der Waals surface area (Å²) in [7, 11) is 0. The zero-order valence-corrected chi connectivity index (χ0v) is 20.5. The molecule has 0 aliphatic carbocycles. The maximum absolute atomic E-state index is 12.9. The molecule has 3 aromatic carbocycles. The van der Waals surface area contributed by atoms with Crippen molar-refractivity contribution in [1.29, 1.82) is 0 Å². The standard InChI is InChI=1S/C27H24ClNO4S/c1-3-32-24-14-20(10-13-23(24)33-17-19-8-11-22(28)12-9-19)15-25-26(30)29(27(31)34-25)16-21-7-5-4-6-18(21)2/h4-15H,3,16-17H2,1-2H3/b25-15-. The first kappa shape index (κ1) is 23.9. The molecule has 0 unspecified atom stereocenters. The van der Waals surface area contributed by atoms with Crippen molar-refractivity contribution in [3.05, 3.63) is 98.9 Å². The van der Waals surface area contributed by atoms with Gasteiger partial charge < -0.3 is 9.47 Å². The number of hydrogen-bond acceptors (Lipinski definition) is 5. The van der Waals surface area contributed by atoms with Gasteiger partial charge in [0.25, 0.3) is 11.1 Å². The largest absolute Gasteiger partial charge is 0.490 e. The SMILES string of the molecule is CCOc1cc(/C=C2\SC(=O)N(Cc3ccccc3C)C2=O)ccc1OCc1ccc(Cl)cc1. The molecule has 0 aromatic heterocycles. The number of carbonyl (C=O) groups excluding carboxylic acids is 2. The number of benzene rings is 3. The highest BCUT2D eigenvalue weighted by Gasteiger charge is 2.35. The number of amides is 2. The van der Waals surface area contributed by atoms with Gasteiger partial charge in [-0.05, 0) is 78.2 Å². The lowest BCUT2D eigenvalue weighted by atomic mass is 10.1. The van der Waals surface area contributed by atoms with E-state index in [4.69, 9.17) is 21.1 Å². The van der Waals surface area contributed by atoms with Crippen LogP contribution in [0.4, 0.5) is 4.79 Å². The third kappa shape index (κ3) is 5.64. The van der Waals surface area contributed by atoms with Crippen molar-refractivity contribution in [2.75, 3.05) is 6.61 Å². The summed E-state index contributed by atoms with van der Waals surface area (Å²) >= 11 is 6.89. The summed E-state index contributed by atoms with van der Waals surface area (Å²) in [6.07, 6.45) is 1.72. The molecule has 4 rings (SSSR count). The minimum absolute atomic E-state index is 0.260. The molecule has 0 spiro atoms. The molecule has 1 heterocycles. The van der Waals surface area contributed by atoms with E-state index in [1.54, 1.807) is 6.08 Å². The van der Waals surface area contributed by atoms with Crippen LogP contribution in [0.2, 0.25) is 5.02 Å². The van der Waals surface area contributed by atoms with Gasteiger partial charge in [0, 0.05) is 5.02 Å². The van der Waals surface area contributed by atoms with Crippen LogP contribution in [0, 0.1) is 6.92 Å². The van der Waals surface area contributed by atoms with Crippen LogP contribution in [0.3, 0.4) is 0 Å². The first-order chi connectivity index (χ1) is 16.4. The number of rotatable bonds is 8. The summed E-state index contributed by atoms with van der Waals surface area (Å²) in [5, 5.41) is 0.402. The number of halogens is 1. The monoisotopic (exact) mass is 493 g/mol. The molecule has 7 heteroatoms. The molecule has 1 fully saturated rings. The Morgan fingerprint density at radius 3 is 2.47 bits per heavy atom. The van der Waals surface area contributed by atoms with Crippen LogP contribution in [0.15, 0.2) is 71.6 Å². The molecule has 34 heavy (non-hydrogen) atoms. The second kappa shape index (κ2) is 10.8. The quantitative estimate of drug-likeness (QED) is 0.321. The van der Waals surface area contributed by atoms with Gasteiger partial charge in [-0.2, -0.15) is 0 Å². The Labute approximate surface area is 208 Å². The Balaban J connectivity index is 1.51. The Kier molecular flexibility index (Phi) is 7.60. The van der Waals surface area contributed by atoms with Crippen molar-refractivity contribution in [2.24, 2.45) is 0 Å². The average Bonchev–Trinajstić information content (AvgIpc) is 3.08. The van der Waals surface area contributed by atoms with E-state index < -0.39 is 0 Å². The Morgan fingerprint density at radius 2 is 1.74 bits per heavy atom. The zero-order valence-electron chi connectivity index (χ0n) is 18.9. The lowest BCUT2D eigenvalue weighted by Crippen LogP contribution is -2.27. The molecule has 3 aromatic rings. The number of hydrogen-bond donors (Lipinski definition) is 0. The molecule has 0 radical (unpaired) electrons. The van der Waals surface area contributed by atoms with Gasteiger partial charge in [-0.1, -0.05) is 54.1 Å². The number of carbonyl (C=O) groups is 2. The van der Waals surface area contributed by atoms with Crippen LogP contribution >= 0.6 is 23.4 Å². The first-order valence-corrected chi connectivity index (χ1v) is 12.1. The predicted octanol–water partition coefficient (Wildman–Crippen LogP) is 6.86. The molecule has 174 valence electrons. The van der Waals surface area contributed by atoms with Crippen LogP contribution in [0.5, 0.6) is 11.5 Å². The molecule has 5 nitrogen and oxygen atoms in total. The van der Waals surface area contributed by atoms with Crippen LogP contribution in [-0.2, 0) is 17.9 Å². The Morgan fingerprint density at radius 1 is 0.971 bits per heavy atom. The number of nitrogens with zero attached hydrogens (tertiary/aromatic N) is 1. The molecular formula is C27H24ClNO4S. The van der Waals surface area contributed by atoms with Gasteiger partial charge in [0.1, 0.15) is 6.61 Å². The molecule has 0 bridgehead atoms. The fraction of sp³-hybridized carbons (Fsp3) is 0.185. The molecule has 1 aliphatic rings. The number of imide groups is 1. The van der Waals surface area contributed by atoms with Crippen molar-refractivity contribution in [1.82, 2.24) is 4.90 Å². The van der Waals surface area contributed by atoms with Gasteiger partial charge >= 0.3 is 0 Å². The topological polar surface area (TPSA) is 55.8 Å². The van der Waals surface area contributed by atoms with Crippen molar-refractivity contribution in [3.8, 4) is 11.5 Å². The van der Waals surface area contributed by atoms with Gasteiger partial charge in [-0.25, -0.2) is 0 Å². The lowest BCUT2D eigenvalue weighted by molar-refractivity contribution is -0.123. The highest BCUT2D eigenvalue weighted by molar-refractivity contribution is 8.18. The average molecular weight is 494 g/mol. The minimum atomic E-state index is -0.292. The molecule has 1 aliphatic heterocycles. The van der Waals surface area contributed by atoms with Gasteiger partial charge in [0.05, 0.1) is 18.1 Å². The third-order valence-corrected chi connectivity index (χ3v) is 6.50. The highest BCUT2D eigenvalue weighted by Crippen LogP contribution is 2.36. The molecule has 1 saturated heterocycles. The highest BCUT2D eigenvalue weighted by atomic mass is 35.5. The smallest absolute Gasteiger partial charge is 0.293 e. The van der Waals surface area contributed by atoms with Gasteiger partial charge in [-0.15, -0.1) is 0 Å². The van der Waals surface area contributed by atoms with Crippen molar-refractivity contribution < 1.29 is 19.1 Å². The molecule has 0 atom stereocenters. The summed E-state index contributed by atoms with van der Waals surface area (Å²) in [5.41, 5.74) is 3.73. The summed E-state index contributed by atoms with van der Waals surface area (Å²) in [6.45, 7) is 4.96. The predicted molar refractivity (Wildman–Crippen MR) is 136 cm³/mol. The van der Waals surface area contributed by atoms with E-state index in [2.05, 4.69) is 0 Å². The Hall–Kier alpha value is -3.22. The zero-order chi connectivity index (χ0) is 24.1. The Bertz CT molecular complexity index is 1240. The fourth-order valence-electron chi connectivity index (χ4n) is 3.49. The van der Waals surface area contributed by atoms with Crippen molar-refractivity contribution in [2.45, 2.75) is 27.0 Å². The van der Waals surface area contributed by atoms with E-state index in [-0.39, 0.29) is 17.7 Å². The fourth-order valence-corrected chi connectivity index (χ4v) is 4.45. The van der Waals surface area contributed by atoms with Gasteiger partial charge in [-0.3, -0.25) is 14.5 Å². The second-order valence-corrected chi connectivity index (χ2v) is 9.18. The van der Waals surface area contributed by atoms with E-state index in [1.165, 1.54) is 4.90 Å². The second-order valence-electron chi connectivity index (χ2n) is 7.75. The van der Waals surface area contributed by atoms with Gasteiger partial charge in [0.2, 0.25) is 0 Å². The third-order valence-electron chi connectivity index (χ3n) is 5.34. The number of thioether (sulfide) groups is 1. The number of aryl methyl sites for hydroxylation is 1. The van der Waals surface area contributed by atoms with E-state index in [1.807, 2.05) is 80.6 Å². The van der Waals surface area contributed by atoms with E-state index in [9.17, 15) is 9.59 Å².